The van der Waals surface area contributed by atoms with E-state index in [0.29, 0.717) is 23.0 Å². The number of hydrogen-bond acceptors (Lipinski definition) is 3. The molecule has 62 heavy (non-hydrogen) atoms. The van der Waals surface area contributed by atoms with Gasteiger partial charge in [0.05, 0.1) is 16.7 Å². The van der Waals surface area contributed by atoms with Crippen molar-refractivity contribution in [2.24, 2.45) is 0 Å². The largest absolute Gasteiger partial charge is 0.309 e. The third kappa shape index (κ3) is 6.86. The smallest absolute Gasteiger partial charge is 0.164 e. The average Bonchev–Trinajstić information content (AvgIpc) is 3.59. The Balaban J connectivity index is 1.28. The molecule has 0 unspecified atom stereocenters. The second-order valence-corrected chi connectivity index (χ2v) is 16.6. The first kappa shape index (κ1) is 38.7. The monoisotopic (exact) mass is 804 g/mol. The summed E-state index contributed by atoms with van der Waals surface area (Å²) in [5, 5.41) is 2.23. The van der Waals surface area contributed by atoms with E-state index in [9.17, 15) is 0 Å². The summed E-state index contributed by atoms with van der Waals surface area (Å²) in [4.78, 5) is 15.1. The second kappa shape index (κ2) is 15.5. The van der Waals surface area contributed by atoms with E-state index >= 15 is 4.39 Å². The van der Waals surface area contributed by atoms with Crippen molar-refractivity contribution in [3.63, 3.8) is 0 Å². The van der Waals surface area contributed by atoms with Crippen LogP contribution >= 0.6 is 0 Å². The summed E-state index contributed by atoms with van der Waals surface area (Å²) in [6, 6.07) is 55.8. The van der Waals surface area contributed by atoms with Gasteiger partial charge in [-0.25, -0.2) is 19.3 Å². The van der Waals surface area contributed by atoms with Crippen LogP contribution in [0.25, 0.3) is 95.0 Å². The van der Waals surface area contributed by atoms with Crippen LogP contribution in [0.5, 0.6) is 0 Å². The highest BCUT2D eigenvalue weighted by Gasteiger charge is 2.22. The number of fused-ring (bicyclic) bond motifs is 3. The van der Waals surface area contributed by atoms with Gasteiger partial charge in [0.25, 0.3) is 0 Å². The van der Waals surface area contributed by atoms with E-state index in [2.05, 4.69) is 113 Å². The van der Waals surface area contributed by atoms with Crippen molar-refractivity contribution in [2.45, 2.75) is 41.5 Å². The lowest BCUT2D eigenvalue weighted by atomic mass is 9.91. The Labute approximate surface area is 362 Å². The molecular formula is C57H45FN4. The molecule has 0 aliphatic carbocycles. The van der Waals surface area contributed by atoms with E-state index in [1.807, 2.05) is 84.9 Å². The predicted octanol–water partition coefficient (Wildman–Crippen LogP) is 15.0. The zero-order valence-corrected chi connectivity index (χ0v) is 35.8. The minimum absolute atomic E-state index is 0.291. The quantitative estimate of drug-likeness (QED) is 0.161. The van der Waals surface area contributed by atoms with E-state index in [4.69, 9.17) is 15.0 Å². The molecule has 0 N–H and O–H groups in total. The maximum Gasteiger partial charge on any atom is 0.164 e. The fourth-order valence-corrected chi connectivity index (χ4v) is 9.57. The van der Waals surface area contributed by atoms with Crippen LogP contribution in [0.15, 0.2) is 164 Å². The molecule has 10 rings (SSSR count). The van der Waals surface area contributed by atoms with E-state index in [1.165, 1.54) is 50.6 Å². The maximum absolute atomic E-state index is 16.1. The van der Waals surface area contributed by atoms with Crippen molar-refractivity contribution in [2.75, 3.05) is 0 Å². The van der Waals surface area contributed by atoms with E-state index in [-0.39, 0.29) is 5.82 Å². The Morgan fingerprint density at radius 3 is 1.26 bits per heavy atom. The molecule has 300 valence electrons. The van der Waals surface area contributed by atoms with Crippen LogP contribution in [0.4, 0.5) is 4.39 Å². The second-order valence-electron chi connectivity index (χ2n) is 16.6. The fraction of sp³-hybridized carbons (Fsp3) is 0.105. The summed E-state index contributed by atoms with van der Waals surface area (Å²) in [5.41, 5.74) is 19.0. The van der Waals surface area contributed by atoms with Gasteiger partial charge in [0.15, 0.2) is 17.5 Å². The number of nitrogens with zero attached hydrogens (tertiary/aromatic N) is 4. The van der Waals surface area contributed by atoms with E-state index < -0.39 is 0 Å². The van der Waals surface area contributed by atoms with Gasteiger partial charge in [0.1, 0.15) is 5.82 Å². The third-order valence-corrected chi connectivity index (χ3v) is 12.1. The predicted molar refractivity (Wildman–Crippen MR) is 255 cm³/mol. The number of hydrogen-bond donors (Lipinski definition) is 0. The molecule has 8 aromatic carbocycles. The van der Waals surface area contributed by atoms with Crippen LogP contribution in [0.1, 0.15) is 33.4 Å². The summed E-state index contributed by atoms with van der Waals surface area (Å²) >= 11 is 0. The van der Waals surface area contributed by atoms with Crippen molar-refractivity contribution in [1.82, 2.24) is 19.5 Å². The van der Waals surface area contributed by atoms with Gasteiger partial charge in [0, 0.05) is 38.6 Å². The molecule has 0 radical (unpaired) electrons. The van der Waals surface area contributed by atoms with Crippen LogP contribution in [-0.4, -0.2) is 19.5 Å². The van der Waals surface area contributed by atoms with Crippen molar-refractivity contribution in [3.05, 3.63) is 203 Å². The highest BCUT2D eigenvalue weighted by Crippen LogP contribution is 2.43. The summed E-state index contributed by atoms with van der Waals surface area (Å²) in [6.07, 6.45) is 0. The summed E-state index contributed by atoms with van der Waals surface area (Å²) in [5.74, 6) is 1.39. The Kier molecular flexibility index (Phi) is 9.68. The van der Waals surface area contributed by atoms with E-state index in [0.717, 1.165) is 60.9 Å². The average molecular weight is 805 g/mol. The van der Waals surface area contributed by atoms with Crippen LogP contribution in [0.2, 0.25) is 0 Å². The molecular weight excluding hydrogens is 760 g/mol. The first-order chi connectivity index (χ1) is 30.1. The summed E-state index contributed by atoms with van der Waals surface area (Å²) < 4.78 is 18.4. The van der Waals surface area contributed by atoms with Crippen molar-refractivity contribution < 1.29 is 4.39 Å². The van der Waals surface area contributed by atoms with Gasteiger partial charge in [-0.05, 0) is 122 Å². The molecule has 0 fully saturated rings. The van der Waals surface area contributed by atoms with Crippen molar-refractivity contribution >= 4 is 21.8 Å². The number of benzene rings is 8. The molecule has 0 bridgehead atoms. The Bertz CT molecular complexity index is 3150. The van der Waals surface area contributed by atoms with Gasteiger partial charge in [0.2, 0.25) is 0 Å². The van der Waals surface area contributed by atoms with Crippen LogP contribution < -0.4 is 0 Å². The molecule has 10 aromatic rings. The van der Waals surface area contributed by atoms with Crippen molar-refractivity contribution in [1.29, 1.82) is 0 Å². The van der Waals surface area contributed by atoms with Gasteiger partial charge < -0.3 is 4.57 Å². The number of aryl methyl sites for hydroxylation is 6. The van der Waals surface area contributed by atoms with Gasteiger partial charge in [-0.1, -0.05) is 139 Å². The molecule has 2 aromatic heterocycles. The zero-order chi connectivity index (χ0) is 42.6. The minimum Gasteiger partial charge on any atom is -0.309 e. The third-order valence-electron chi connectivity index (χ3n) is 12.1. The highest BCUT2D eigenvalue weighted by molar-refractivity contribution is 6.12. The topological polar surface area (TPSA) is 43.6 Å². The summed E-state index contributed by atoms with van der Waals surface area (Å²) in [7, 11) is 0. The number of aromatic nitrogens is 4. The standard InChI is InChI=1S/C57H45FN4/c1-34-27-36(3)53(37(4)28-34)42-22-25-50-47(31-42)48-32-43(54-38(5)29-35(2)30-39(54)6)23-26-51(48)62(50)52-33-44(21-24-46(52)45-19-13-14-20-49(45)58)57-60-55(40-15-9-7-10-16-40)59-56(61-57)41-17-11-8-12-18-41/h7-33H,1-6H3. The molecule has 2 heterocycles. The number of halogens is 1. The van der Waals surface area contributed by atoms with Crippen LogP contribution in [-0.2, 0) is 0 Å². The Morgan fingerprint density at radius 2 is 0.790 bits per heavy atom. The molecule has 0 saturated carbocycles. The Morgan fingerprint density at radius 1 is 0.371 bits per heavy atom. The lowest BCUT2D eigenvalue weighted by Gasteiger charge is -2.17. The molecule has 0 amide bonds. The Hall–Kier alpha value is -7.50. The van der Waals surface area contributed by atoms with Gasteiger partial charge in [-0.15, -0.1) is 0 Å². The molecule has 0 aliphatic rings. The van der Waals surface area contributed by atoms with Gasteiger partial charge in [-0.3, -0.25) is 0 Å². The highest BCUT2D eigenvalue weighted by atomic mass is 19.1. The van der Waals surface area contributed by atoms with Crippen LogP contribution in [0, 0.1) is 47.4 Å². The molecule has 0 spiro atoms. The summed E-state index contributed by atoms with van der Waals surface area (Å²) in [6.45, 7) is 13.1. The zero-order valence-electron chi connectivity index (χ0n) is 35.8. The van der Waals surface area contributed by atoms with Gasteiger partial charge in [-0.2, -0.15) is 0 Å². The van der Waals surface area contributed by atoms with E-state index in [1.54, 1.807) is 6.07 Å². The van der Waals surface area contributed by atoms with Crippen LogP contribution in [0.3, 0.4) is 0 Å². The molecule has 0 atom stereocenters. The molecule has 0 saturated heterocycles. The molecule has 4 nitrogen and oxygen atoms in total. The van der Waals surface area contributed by atoms with Crippen molar-refractivity contribution in [3.8, 4) is 73.2 Å². The minimum atomic E-state index is -0.291. The lowest BCUT2D eigenvalue weighted by molar-refractivity contribution is 0.631. The SMILES string of the molecule is Cc1cc(C)c(-c2ccc3c(c2)c2cc(-c4c(C)cc(C)cc4C)ccc2n3-c2cc(-c3nc(-c4ccccc4)nc(-c4ccccc4)n3)ccc2-c2ccccc2F)c(C)c1. The van der Waals surface area contributed by atoms with Gasteiger partial charge >= 0.3 is 0 Å². The number of rotatable bonds is 7. The molecule has 0 aliphatic heterocycles. The molecule has 5 heteroatoms. The first-order valence-electron chi connectivity index (χ1n) is 21.1. The first-order valence-corrected chi connectivity index (χ1v) is 21.1. The maximum atomic E-state index is 16.1. The normalized spacial score (nSPS) is 11.5. The lowest BCUT2D eigenvalue weighted by Crippen LogP contribution is -2.02. The fourth-order valence-electron chi connectivity index (χ4n) is 9.57.